The van der Waals surface area contributed by atoms with Gasteiger partial charge in [0.1, 0.15) is 0 Å². The van der Waals surface area contributed by atoms with Crippen molar-refractivity contribution >= 4 is 17.9 Å². The van der Waals surface area contributed by atoms with E-state index < -0.39 is 11.9 Å². The van der Waals surface area contributed by atoms with Gasteiger partial charge in [-0.3, -0.25) is 4.79 Å². The lowest BCUT2D eigenvalue weighted by Crippen LogP contribution is -2.17. The fourth-order valence-electron chi connectivity index (χ4n) is 4.45. The van der Waals surface area contributed by atoms with Crippen LogP contribution in [0.2, 0.25) is 0 Å². The summed E-state index contributed by atoms with van der Waals surface area (Å²) < 4.78 is 14.7. The number of carbonyl (C=O) groups is 3. The quantitative estimate of drug-likeness (QED) is 0.137. The minimum absolute atomic E-state index is 0.146. The first kappa shape index (κ1) is 30.7. The van der Waals surface area contributed by atoms with E-state index in [1.54, 1.807) is 6.07 Å². The van der Waals surface area contributed by atoms with Crippen LogP contribution in [-0.2, 0) is 31.8 Å². The lowest BCUT2D eigenvalue weighted by atomic mass is 9.88. The molecule has 0 radical (unpaired) electrons. The molecule has 6 heteroatoms. The first-order chi connectivity index (χ1) is 16.7. The zero-order valence-electron chi connectivity index (χ0n) is 22.7. The fourth-order valence-corrected chi connectivity index (χ4v) is 4.45. The van der Waals surface area contributed by atoms with Crippen LogP contribution in [-0.4, -0.2) is 39.2 Å². The highest BCUT2D eigenvalue weighted by Crippen LogP contribution is 2.26. The highest BCUT2D eigenvalue weighted by Gasteiger charge is 2.24. The minimum Gasteiger partial charge on any atom is -0.469 e. The number of ether oxygens (including phenoxy) is 3. The lowest BCUT2D eigenvalue weighted by molar-refractivity contribution is -0.140. The Hall–Kier alpha value is -2.37. The zero-order chi connectivity index (χ0) is 26.2. The van der Waals surface area contributed by atoms with E-state index in [1.165, 1.54) is 27.8 Å². The molecule has 0 unspecified atom stereocenters. The van der Waals surface area contributed by atoms with Crippen molar-refractivity contribution in [2.75, 3.05) is 21.3 Å². The zero-order valence-corrected chi connectivity index (χ0v) is 22.7. The van der Waals surface area contributed by atoms with Gasteiger partial charge in [-0.15, -0.1) is 0 Å². The second-order valence-electron chi connectivity index (χ2n) is 9.99. The number of aryl methyl sites for hydroxylation is 1. The fraction of sp³-hybridized carbons (Fsp3) is 0.690. The molecular weight excluding hydrogens is 444 g/mol. The van der Waals surface area contributed by atoms with Crippen molar-refractivity contribution in [1.29, 1.82) is 0 Å². The highest BCUT2D eigenvalue weighted by molar-refractivity contribution is 6.04. The van der Waals surface area contributed by atoms with Crippen LogP contribution in [0.5, 0.6) is 0 Å². The molecule has 1 aromatic rings. The number of carbonyl (C=O) groups excluding carboxylic acids is 3. The normalized spacial score (nSPS) is 11.9. The van der Waals surface area contributed by atoms with E-state index in [2.05, 4.69) is 31.6 Å². The summed E-state index contributed by atoms with van der Waals surface area (Å²) in [6, 6.07) is 3.87. The molecule has 0 aliphatic rings. The van der Waals surface area contributed by atoms with Crippen molar-refractivity contribution in [3.05, 3.63) is 34.4 Å². The number of rotatable bonds is 17. The van der Waals surface area contributed by atoms with Gasteiger partial charge in [-0.1, -0.05) is 71.8 Å². The molecule has 0 N–H and O–H groups in total. The van der Waals surface area contributed by atoms with E-state index >= 15 is 0 Å². The number of unbranched alkanes of at least 4 members (excludes halogenated alkanes) is 5. The van der Waals surface area contributed by atoms with Gasteiger partial charge in [0.15, 0.2) is 0 Å². The van der Waals surface area contributed by atoms with E-state index in [0.29, 0.717) is 29.4 Å². The molecule has 0 heterocycles. The van der Waals surface area contributed by atoms with Gasteiger partial charge in [0.25, 0.3) is 0 Å². The molecule has 0 fully saturated rings. The second kappa shape index (κ2) is 17.1. The average Bonchev–Trinajstić information content (AvgIpc) is 2.83. The van der Waals surface area contributed by atoms with Crippen molar-refractivity contribution < 1.29 is 28.6 Å². The lowest BCUT2D eigenvalue weighted by Gasteiger charge is -2.18. The summed E-state index contributed by atoms with van der Waals surface area (Å²) in [4.78, 5) is 36.4. The van der Waals surface area contributed by atoms with Gasteiger partial charge < -0.3 is 14.2 Å². The SMILES string of the molecule is COC(=O)CCCCCCCCc1cc(C[C@H](C)CCCC(C)C)c(C(=O)OC)c(C(=O)OC)c1. The van der Waals surface area contributed by atoms with E-state index in [0.717, 1.165) is 75.3 Å². The smallest absolute Gasteiger partial charge is 0.339 e. The summed E-state index contributed by atoms with van der Waals surface area (Å²) in [6.07, 6.45) is 11.6. The van der Waals surface area contributed by atoms with Gasteiger partial charge in [0, 0.05) is 6.42 Å². The molecule has 0 aliphatic heterocycles. The molecule has 1 atom stereocenters. The molecule has 0 bridgehead atoms. The Bertz CT molecular complexity index is 799. The van der Waals surface area contributed by atoms with Crippen LogP contribution in [0, 0.1) is 11.8 Å². The Morgan fingerprint density at radius 2 is 1.37 bits per heavy atom. The molecular formula is C29H46O6. The molecule has 0 aromatic heterocycles. The topological polar surface area (TPSA) is 78.9 Å². The molecule has 0 spiro atoms. The Labute approximate surface area is 212 Å². The summed E-state index contributed by atoms with van der Waals surface area (Å²) >= 11 is 0. The Balaban J connectivity index is 2.87. The molecule has 198 valence electrons. The third-order valence-corrected chi connectivity index (χ3v) is 6.45. The minimum atomic E-state index is -0.508. The average molecular weight is 491 g/mol. The predicted molar refractivity (Wildman–Crippen MR) is 139 cm³/mol. The molecule has 0 aliphatic carbocycles. The second-order valence-corrected chi connectivity index (χ2v) is 9.99. The van der Waals surface area contributed by atoms with Gasteiger partial charge in [0.05, 0.1) is 32.5 Å². The Kier molecular flexibility index (Phi) is 15.0. The Morgan fingerprint density at radius 3 is 1.97 bits per heavy atom. The highest BCUT2D eigenvalue weighted by atomic mass is 16.5. The van der Waals surface area contributed by atoms with Gasteiger partial charge in [-0.2, -0.15) is 0 Å². The van der Waals surface area contributed by atoms with Crippen molar-refractivity contribution in [2.24, 2.45) is 11.8 Å². The van der Waals surface area contributed by atoms with E-state index in [1.807, 2.05) is 0 Å². The molecule has 0 saturated heterocycles. The van der Waals surface area contributed by atoms with Crippen LogP contribution in [0.15, 0.2) is 12.1 Å². The first-order valence-electron chi connectivity index (χ1n) is 13.1. The summed E-state index contributed by atoms with van der Waals surface area (Å²) in [6.45, 7) is 6.66. The van der Waals surface area contributed by atoms with Crippen molar-refractivity contribution in [2.45, 2.75) is 97.8 Å². The number of hydrogen-bond acceptors (Lipinski definition) is 6. The molecule has 0 saturated carbocycles. The van der Waals surface area contributed by atoms with Gasteiger partial charge in [0.2, 0.25) is 0 Å². The van der Waals surface area contributed by atoms with E-state index in [-0.39, 0.29) is 5.97 Å². The van der Waals surface area contributed by atoms with Gasteiger partial charge in [-0.05, 0) is 54.7 Å². The molecule has 6 nitrogen and oxygen atoms in total. The maximum Gasteiger partial charge on any atom is 0.339 e. The number of methoxy groups -OCH3 is 3. The maximum absolute atomic E-state index is 12.7. The maximum atomic E-state index is 12.7. The summed E-state index contributed by atoms with van der Waals surface area (Å²) in [7, 11) is 4.10. The third kappa shape index (κ3) is 11.7. The van der Waals surface area contributed by atoms with Crippen molar-refractivity contribution in [3.8, 4) is 0 Å². The van der Waals surface area contributed by atoms with Crippen LogP contribution in [0.1, 0.15) is 117 Å². The third-order valence-electron chi connectivity index (χ3n) is 6.45. The number of benzene rings is 1. The van der Waals surface area contributed by atoms with Crippen molar-refractivity contribution in [3.63, 3.8) is 0 Å². The standard InChI is InChI=1S/C29H46O6/c1-21(2)14-13-15-22(3)18-24-19-23(16-11-9-7-8-10-12-17-26(30)33-4)20-25(28(31)34-5)27(24)29(32)35-6/h19-22H,7-18H2,1-6H3/t22-/m1/s1. The molecule has 0 amide bonds. The van der Waals surface area contributed by atoms with Crippen LogP contribution >= 0.6 is 0 Å². The Morgan fingerprint density at radius 1 is 0.743 bits per heavy atom. The van der Waals surface area contributed by atoms with Crippen molar-refractivity contribution in [1.82, 2.24) is 0 Å². The van der Waals surface area contributed by atoms with Crippen LogP contribution in [0.3, 0.4) is 0 Å². The molecule has 1 rings (SSSR count). The first-order valence-corrected chi connectivity index (χ1v) is 13.1. The predicted octanol–water partition coefficient (Wildman–Crippen LogP) is 6.71. The summed E-state index contributed by atoms with van der Waals surface area (Å²) in [5.41, 5.74) is 2.55. The monoisotopic (exact) mass is 490 g/mol. The van der Waals surface area contributed by atoms with E-state index in [9.17, 15) is 14.4 Å². The number of esters is 3. The summed E-state index contributed by atoms with van der Waals surface area (Å²) in [5, 5.41) is 0. The van der Waals surface area contributed by atoms with Crippen LogP contribution < -0.4 is 0 Å². The van der Waals surface area contributed by atoms with E-state index in [4.69, 9.17) is 9.47 Å². The largest absolute Gasteiger partial charge is 0.469 e. The summed E-state index contributed by atoms with van der Waals surface area (Å²) in [5.74, 6) is -0.0791. The van der Waals surface area contributed by atoms with Crippen LogP contribution in [0.25, 0.3) is 0 Å². The number of hydrogen-bond donors (Lipinski definition) is 0. The molecule has 35 heavy (non-hydrogen) atoms. The van der Waals surface area contributed by atoms with Gasteiger partial charge >= 0.3 is 17.9 Å². The van der Waals surface area contributed by atoms with Gasteiger partial charge in [-0.25, -0.2) is 9.59 Å². The van der Waals surface area contributed by atoms with Crippen LogP contribution in [0.4, 0.5) is 0 Å². The molecule has 1 aromatic carbocycles.